The number of hydrogen-bond acceptors (Lipinski definition) is 2. The number of rotatable bonds is 2. The van der Waals surface area contributed by atoms with Crippen molar-refractivity contribution in [3.8, 4) is 0 Å². The van der Waals surface area contributed by atoms with Gasteiger partial charge in [0.2, 0.25) is 0 Å². The highest BCUT2D eigenvalue weighted by Gasteiger charge is 2.42. The van der Waals surface area contributed by atoms with Gasteiger partial charge in [0.05, 0.1) is 18.2 Å². The quantitative estimate of drug-likeness (QED) is 0.804. The molecule has 2 aliphatic rings. The van der Waals surface area contributed by atoms with E-state index in [9.17, 15) is 4.79 Å². The summed E-state index contributed by atoms with van der Waals surface area (Å²) in [5.41, 5.74) is 1.28. The number of aryl methyl sites for hydroxylation is 1. The third-order valence-electron chi connectivity index (χ3n) is 4.41. The van der Waals surface area contributed by atoms with Crippen molar-refractivity contribution in [3.05, 3.63) is 34.2 Å². The van der Waals surface area contributed by atoms with Crippen LogP contribution in [0.2, 0.25) is 0 Å². The molecule has 2 heterocycles. The predicted molar refractivity (Wildman–Crippen MR) is 70.7 cm³/mol. The summed E-state index contributed by atoms with van der Waals surface area (Å²) in [6.07, 6.45) is 9.43. The Morgan fingerprint density at radius 1 is 1.39 bits per heavy atom. The molecule has 1 saturated carbocycles. The molecule has 98 valence electrons. The molecule has 0 amide bonds. The Kier molecular flexibility index (Phi) is 3.02. The van der Waals surface area contributed by atoms with Crippen LogP contribution in [0.15, 0.2) is 23.1 Å². The van der Waals surface area contributed by atoms with Gasteiger partial charge in [-0.3, -0.25) is 4.79 Å². The second-order valence-corrected chi connectivity index (χ2v) is 5.86. The van der Waals surface area contributed by atoms with E-state index in [-0.39, 0.29) is 17.3 Å². The van der Waals surface area contributed by atoms with Crippen molar-refractivity contribution >= 4 is 0 Å². The fourth-order valence-electron chi connectivity index (χ4n) is 3.39. The van der Waals surface area contributed by atoms with Gasteiger partial charge in [0.15, 0.2) is 0 Å². The van der Waals surface area contributed by atoms with Crippen molar-refractivity contribution in [1.82, 2.24) is 4.57 Å². The number of pyridine rings is 1. The van der Waals surface area contributed by atoms with Crippen LogP contribution in [0.4, 0.5) is 0 Å². The minimum Gasteiger partial charge on any atom is -0.370 e. The Labute approximate surface area is 108 Å². The van der Waals surface area contributed by atoms with Crippen LogP contribution in [0, 0.1) is 6.92 Å². The van der Waals surface area contributed by atoms with E-state index >= 15 is 0 Å². The van der Waals surface area contributed by atoms with Crippen LogP contribution in [0.25, 0.3) is 0 Å². The van der Waals surface area contributed by atoms with Gasteiger partial charge < -0.3 is 9.30 Å². The molecular formula is C15H21NO2. The van der Waals surface area contributed by atoms with E-state index in [0.29, 0.717) is 6.54 Å². The van der Waals surface area contributed by atoms with Gasteiger partial charge in [-0.05, 0) is 44.2 Å². The van der Waals surface area contributed by atoms with Gasteiger partial charge in [-0.1, -0.05) is 12.8 Å². The summed E-state index contributed by atoms with van der Waals surface area (Å²) in [5, 5.41) is 0. The molecule has 1 atom stereocenters. The maximum atomic E-state index is 11.8. The normalized spacial score (nSPS) is 25.9. The molecule has 1 aromatic rings. The lowest BCUT2D eigenvalue weighted by molar-refractivity contribution is -0.0421. The molecule has 0 radical (unpaired) electrons. The molecule has 1 aliphatic carbocycles. The van der Waals surface area contributed by atoms with E-state index in [1.54, 1.807) is 10.6 Å². The first-order chi connectivity index (χ1) is 8.67. The Hall–Kier alpha value is -1.09. The van der Waals surface area contributed by atoms with Gasteiger partial charge in [0.1, 0.15) is 0 Å². The van der Waals surface area contributed by atoms with Crippen molar-refractivity contribution in [2.75, 3.05) is 0 Å². The zero-order valence-corrected chi connectivity index (χ0v) is 11.0. The molecule has 2 fully saturated rings. The van der Waals surface area contributed by atoms with E-state index in [1.165, 1.54) is 32.1 Å². The van der Waals surface area contributed by atoms with Gasteiger partial charge in [-0.25, -0.2) is 0 Å². The number of nitrogens with zero attached hydrogens (tertiary/aromatic N) is 1. The molecule has 1 spiro atoms. The molecule has 1 saturated heterocycles. The molecule has 1 aromatic heterocycles. The minimum atomic E-state index is 0.0889. The maximum Gasteiger partial charge on any atom is 0.250 e. The van der Waals surface area contributed by atoms with E-state index in [0.717, 1.165) is 12.0 Å². The summed E-state index contributed by atoms with van der Waals surface area (Å²) in [5.74, 6) is 0. The van der Waals surface area contributed by atoms with E-state index in [2.05, 4.69) is 0 Å². The Balaban J connectivity index is 1.69. The zero-order valence-electron chi connectivity index (χ0n) is 11.0. The maximum absolute atomic E-state index is 11.8. The van der Waals surface area contributed by atoms with Gasteiger partial charge >= 0.3 is 0 Å². The first-order valence-electron chi connectivity index (χ1n) is 7.02. The Bertz CT molecular complexity index is 486. The molecule has 0 bridgehead atoms. The number of hydrogen-bond donors (Lipinski definition) is 0. The topological polar surface area (TPSA) is 31.2 Å². The lowest BCUT2D eigenvalue weighted by atomic mass is 9.98. The van der Waals surface area contributed by atoms with E-state index in [4.69, 9.17) is 4.74 Å². The third kappa shape index (κ3) is 2.24. The average Bonchev–Trinajstić information content (AvgIpc) is 2.94. The summed E-state index contributed by atoms with van der Waals surface area (Å²) in [6.45, 7) is 2.66. The molecule has 1 aliphatic heterocycles. The van der Waals surface area contributed by atoms with Crippen molar-refractivity contribution in [1.29, 1.82) is 0 Å². The monoisotopic (exact) mass is 247 g/mol. The molecule has 3 rings (SSSR count). The number of aromatic nitrogens is 1. The van der Waals surface area contributed by atoms with Gasteiger partial charge in [0.25, 0.3) is 5.56 Å². The second kappa shape index (κ2) is 4.54. The first kappa shape index (κ1) is 12.0. The summed E-state index contributed by atoms with van der Waals surface area (Å²) >= 11 is 0. The van der Waals surface area contributed by atoms with Crippen molar-refractivity contribution in [2.24, 2.45) is 0 Å². The lowest BCUT2D eigenvalue weighted by Gasteiger charge is -2.24. The molecule has 18 heavy (non-hydrogen) atoms. The van der Waals surface area contributed by atoms with Gasteiger partial charge in [-0.15, -0.1) is 0 Å². The molecule has 3 nitrogen and oxygen atoms in total. The third-order valence-corrected chi connectivity index (χ3v) is 4.41. The average molecular weight is 247 g/mol. The van der Waals surface area contributed by atoms with Crippen LogP contribution in [0.5, 0.6) is 0 Å². The van der Waals surface area contributed by atoms with Crippen LogP contribution in [0.1, 0.15) is 44.1 Å². The molecule has 0 aromatic carbocycles. The van der Waals surface area contributed by atoms with Crippen molar-refractivity contribution < 1.29 is 4.74 Å². The van der Waals surface area contributed by atoms with E-state index < -0.39 is 0 Å². The standard InChI is InChI=1S/C15H21NO2/c1-12-5-9-16(14(17)10-12)11-13-4-8-15(18-13)6-2-3-7-15/h5,9-10,13H,2-4,6-8,11H2,1H3. The van der Waals surface area contributed by atoms with Gasteiger partial charge in [0, 0.05) is 12.3 Å². The SMILES string of the molecule is Cc1ccn(CC2CCC3(CCCC3)O2)c(=O)c1. The first-order valence-corrected chi connectivity index (χ1v) is 7.02. The zero-order chi connectivity index (χ0) is 12.6. The van der Waals surface area contributed by atoms with Crippen LogP contribution in [-0.4, -0.2) is 16.3 Å². The summed E-state index contributed by atoms with van der Waals surface area (Å²) in [6, 6.07) is 3.68. The Morgan fingerprint density at radius 3 is 2.89 bits per heavy atom. The highest BCUT2D eigenvalue weighted by Crippen LogP contribution is 2.43. The smallest absolute Gasteiger partial charge is 0.250 e. The lowest BCUT2D eigenvalue weighted by Crippen LogP contribution is -2.29. The minimum absolute atomic E-state index is 0.0889. The summed E-state index contributed by atoms with van der Waals surface area (Å²) < 4.78 is 8.02. The Morgan fingerprint density at radius 2 is 2.17 bits per heavy atom. The second-order valence-electron chi connectivity index (χ2n) is 5.86. The van der Waals surface area contributed by atoms with Crippen molar-refractivity contribution in [3.63, 3.8) is 0 Å². The molecule has 0 N–H and O–H groups in total. The van der Waals surface area contributed by atoms with Crippen LogP contribution < -0.4 is 5.56 Å². The molecule has 3 heteroatoms. The predicted octanol–water partition coefficient (Wildman–Crippen LogP) is 2.65. The highest BCUT2D eigenvalue weighted by atomic mass is 16.5. The van der Waals surface area contributed by atoms with Crippen LogP contribution in [0.3, 0.4) is 0 Å². The summed E-state index contributed by atoms with van der Waals surface area (Å²) in [4.78, 5) is 11.8. The van der Waals surface area contributed by atoms with Crippen LogP contribution >= 0.6 is 0 Å². The fourth-order valence-corrected chi connectivity index (χ4v) is 3.39. The highest BCUT2D eigenvalue weighted by molar-refractivity contribution is 5.08. The fraction of sp³-hybridized carbons (Fsp3) is 0.667. The summed E-state index contributed by atoms with van der Waals surface area (Å²) in [7, 11) is 0. The van der Waals surface area contributed by atoms with Gasteiger partial charge in [-0.2, -0.15) is 0 Å². The van der Waals surface area contributed by atoms with Crippen LogP contribution in [-0.2, 0) is 11.3 Å². The van der Waals surface area contributed by atoms with E-state index in [1.807, 2.05) is 19.2 Å². The van der Waals surface area contributed by atoms with Crippen molar-refractivity contribution in [2.45, 2.75) is 63.7 Å². The number of ether oxygens (including phenoxy) is 1. The largest absolute Gasteiger partial charge is 0.370 e. The molecular weight excluding hydrogens is 226 g/mol. The molecule has 1 unspecified atom stereocenters.